The first-order valence-corrected chi connectivity index (χ1v) is 11.4. The zero-order chi connectivity index (χ0) is 21.4. The molecule has 7 nitrogen and oxygen atoms in total. The van der Waals surface area contributed by atoms with E-state index < -0.39 is 14.8 Å². The number of hydrogen-bond donors (Lipinski definition) is 3. The topological polar surface area (TPSA) is 100 Å². The molecule has 1 aliphatic rings. The van der Waals surface area contributed by atoms with E-state index in [0.717, 1.165) is 12.0 Å². The molecule has 0 atom stereocenters. The molecule has 2 aromatic rings. The summed E-state index contributed by atoms with van der Waals surface area (Å²) in [5, 5.41) is 12.8. The number of benzene rings is 1. The molecule has 0 radical (unpaired) electrons. The first-order valence-electron chi connectivity index (χ1n) is 9.53. The summed E-state index contributed by atoms with van der Waals surface area (Å²) in [5.41, 5.74) is 2.08. The van der Waals surface area contributed by atoms with Crippen LogP contribution in [0.15, 0.2) is 29.1 Å². The van der Waals surface area contributed by atoms with E-state index in [0.29, 0.717) is 34.9 Å². The standard InChI is InChI=1S/C20H26ClN3O4S/c1-4-14-5-6-16(15(21)12-14)22-18-17(11-13(2)19(26)24(18)3)23-29(27,28)20(7-8-20)9-10-25/h5-6,11-12,22-23,25H,4,7-10H2,1-3H3. The van der Waals surface area contributed by atoms with Gasteiger partial charge >= 0.3 is 0 Å². The second kappa shape index (κ2) is 8.01. The molecule has 3 rings (SSSR count). The minimum atomic E-state index is -3.74. The highest BCUT2D eigenvalue weighted by atomic mass is 35.5. The number of halogens is 1. The summed E-state index contributed by atoms with van der Waals surface area (Å²) < 4.78 is 29.0. The monoisotopic (exact) mass is 439 g/mol. The van der Waals surface area contributed by atoms with Crippen molar-refractivity contribution < 1.29 is 13.5 Å². The van der Waals surface area contributed by atoms with E-state index in [9.17, 15) is 18.3 Å². The van der Waals surface area contributed by atoms with Crippen molar-refractivity contribution in [2.75, 3.05) is 16.6 Å². The molecule has 1 aromatic heterocycles. The van der Waals surface area contributed by atoms with Gasteiger partial charge in [0, 0.05) is 19.2 Å². The average molecular weight is 440 g/mol. The molecule has 1 saturated carbocycles. The van der Waals surface area contributed by atoms with Gasteiger partial charge in [-0.05, 0) is 56.4 Å². The van der Waals surface area contributed by atoms with Crippen LogP contribution < -0.4 is 15.6 Å². The minimum absolute atomic E-state index is 0.181. The molecule has 0 bridgehead atoms. The maximum Gasteiger partial charge on any atom is 0.254 e. The van der Waals surface area contributed by atoms with E-state index in [4.69, 9.17) is 11.6 Å². The van der Waals surface area contributed by atoms with Crippen molar-refractivity contribution in [1.82, 2.24) is 4.57 Å². The zero-order valence-electron chi connectivity index (χ0n) is 16.8. The summed E-state index contributed by atoms with van der Waals surface area (Å²) in [5.74, 6) is 0.301. The highest BCUT2D eigenvalue weighted by Crippen LogP contribution is 2.47. The van der Waals surface area contributed by atoms with E-state index in [1.54, 1.807) is 20.0 Å². The number of sulfonamides is 1. The fourth-order valence-electron chi connectivity index (χ4n) is 3.38. The Kier molecular flexibility index (Phi) is 5.98. The predicted molar refractivity (Wildman–Crippen MR) is 117 cm³/mol. The van der Waals surface area contributed by atoms with Crippen LogP contribution in [-0.2, 0) is 23.5 Å². The second-order valence-electron chi connectivity index (χ2n) is 7.51. The molecule has 0 aliphatic heterocycles. The van der Waals surface area contributed by atoms with Gasteiger partial charge in [-0.25, -0.2) is 8.42 Å². The number of aliphatic hydroxyl groups is 1. The van der Waals surface area contributed by atoms with E-state index in [1.165, 1.54) is 10.6 Å². The fraction of sp³-hybridized carbons (Fsp3) is 0.450. The van der Waals surface area contributed by atoms with Crippen molar-refractivity contribution in [1.29, 1.82) is 0 Å². The van der Waals surface area contributed by atoms with Crippen molar-refractivity contribution >= 4 is 38.8 Å². The molecule has 29 heavy (non-hydrogen) atoms. The summed E-state index contributed by atoms with van der Waals surface area (Å²) in [6.07, 6.45) is 2.02. The molecule has 0 unspecified atom stereocenters. The zero-order valence-corrected chi connectivity index (χ0v) is 18.3. The Bertz CT molecular complexity index is 1090. The molecule has 1 aromatic carbocycles. The van der Waals surface area contributed by atoms with Crippen molar-refractivity contribution in [2.24, 2.45) is 7.05 Å². The molecular formula is C20H26ClN3O4S. The molecule has 0 spiro atoms. The van der Waals surface area contributed by atoms with Gasteiger partial charge in [0.05, 0.1) is 21.1 Å². The molecule has 0 amide bonds. The van der Waals surface area contributed by atoms with Gasteiger partial charge in [0.1, 0.15) is 5.82 Å². The lowest BCUT2D eigenvalue weighted by molar-refractivity contribution is 0.283. The van der Waals surface area contributed by atoms with Crippen molar-refractivity contribution in [2.45, 2.75) is 44.3 Å². The van der Waals surface area contributed by atoms with Gasteiger partial charge in [0.15, 0.2) is 0 Å². The Hall–Kier alpha value is -2.03. The van der Waals surface area contributed by atoms with Crippen LogP contribution in [0.3, 0.4) is 0 Å². The first-order chi connectivity index (χ1) is 13.6. The van der Waals surface area contributed by atoms with Gasteiger partial charge in [-0.2, -0.15) is 0 Å². The first kappa shape index (κ1) is 21.7. The normalized spacial score (nSPS) is 15.2. The van der Waals surface area contributed by atoms with E-state index in [-0.39, 0.29) is 24.3 Å². The van der Waals surface area contributed by atoms with Crippen LogP contribution in [0.25, 0.3) is 0 Å². The van der Waals surface area contributed by atoms with Crippen molar-refractivity contribution in [3.63, 3.8) is 0 Å². The predicted octanol–water partition coefficient (Wildman–Crippen LogP) is 3.31. The van der Waals surface area contributed by atoms with Crippen LogP contribution >= 0.6 is 11.6 Å². The third-order valence-corrected chi connectivity index (χ3v) is 8.03. The molecule has 0 saturated heterocycles. The Morgan fingerprint density at radius 2 is 1.93 bits per heavy atom. The molecule has 9 heteroatoms. The van der Waals surface area contributed by atoms with Gasteiger partial charge < -0.3 is 10.4 Å². The molecule has 1 fully saturated rings. The Morgan fingerprint density at radius 3 is 2.48 bits per heavy atom. The number of rotatable bonds is 8. The summed E-state index contributed by atoms with van der Waals surface area (Å²) in [6.45, 7) is 3.46. The molecule has 158 valence electrons. The number of aliphatic hydroxyl groups excluding tert-OH is 1. The van der Waals surface area contributed by atoms with Crippen LogP contribution in [0.2, 0.25) is 5.02 Å². The average Bonchev–Trinajstić information content (AvgIpc) is 3.46. The number of nitrogens with one attached hydrogen (secondary N) is 2. The quantitative estimate of drug-likeness (QED) is 0.585. The highest BCUT2D eigenvalue weighted by Gasteiger charge is 2.54. The van der Waals surface area contributed by atoms with Crippen LogP contribution in [0, 0.1) is 6.92 Å². The smallest absolute Gasteiger partial charge is 0.254 e. The third-order valence-electron chi connectivity index (χ3n) is 5.48. The maximum absolute atomic E-state index is 13.0. The second-order valence-corrected chi connectivity index (χ2v) is 9.99. The fourth-order valence-corrected chi connectivity index (χ4v) is 5.29. The van der Waals surface area contributed by atoms with Gasteiger partial charge in [-0.15, -0.1) is 0 Å². The number of aromatic nitrogens is 1. The van der Waals surface area contributed by atoms with Gasteiger partial charge in [0.2, 0.25) is 10.0 Å². The van der Waals surface area contributed by atoms with Gasteiger partial charge in [0.25, 0.3) is 5.56 Å². The minimum Gasteiger partial charge on any atom is -0.396 e. The van der Waals surface area contributed by atoms with Crippen molar-refractivity contribution in [3.05, 3.63) is 50.8 Å². The lowest BCUT2D eigenvalue weighted by Crippen LogP contribution is -2.32. The number of anilines is 3. The highest BCUT2D eigenvalue weighted by molar-refractivity contribution is 7.94. The summed E-state index contributed by atoms with van der Waals surface area (Å²) >= 11 is 6.37. The van der Waals surface area contributed by atoms with Gasteiger partial charge in [-0.3, -0.25) is 14.1 Å². The van der Waals surface area contributed by atoms with E-state index >= 15 is 0 Å². The Labute approximate surface area is 175 Å². The number of pyridine rings is 1. The number of aryl methyl sites for hydroxylation is 2. The van der Waals surface area contributed by atoms with Crippen molar-refractivity contribution in [3.8, 4) is 0 Å². The Balaban J connectivity index is 2.03. The van der Waals surface area contributed by atoms with Crippen LogP contribution in [0.5, 0.6) is 0 Å². The molecule has 1 aliphatic carbocycles. The lowest BCUT2D eigenvalue weighted by Gasteiger charge is -2.22. The maximum atomic E-state index is 13.0. The summed E-state index contributed by atoms with van der Waals surface area (Å²) in [7, 11) is -2.17. The van der Waals surface area contributed by atoms with Crippen LogP contribution in [0.4, 0.5) is 17.2 Å². The molecule has 3 N–H and O–H groups in total. The van der Waals surface area contributed by atoms with E-state index in [1.807, 2.05) is 19.1 Å². The largest absolute Gasteiger partial charge is 0.396 e. The summed E-state index contributed by atoms with van der Waals surface area (Å²) in [6, 6.07) is 7.08. The third kappa shape index (κ3) is 4.15. The van der Waals surface area contributed by atoms with Crippen LogP contribution in [0.1, 0.15) is 37.3 Å². The lowest BCUT2D eigenvalue weighted by atomic mass is 10.1. The van der Waals surface area contributed by atoms with Gasteiger partial charge in [-0.1, -0.05) is 24.6 Å². The molecule has 1 heterocycles. The summed E-state index contributed by atoms with van der Waals surface area (Å²) in [4.78, 5) is 12.5. The molecular weight excluding hydrogens is 414 g/mol. The van der Waals surface area contributed by atoms with Crippen LogP contribution in [-0.4, -0.2) is 29.4 Å². The number of nitrogens with zero attached hydrogens (tertiary/aromatic N) is 1. The van der Waals surface area contributed by atoms with E-state index in [2.05, 4.69) is 10.0 Å². The number of hydrogen-bond acceptors (Lipinski definition) is 5. The SMILES string of the molecule is CCc1ccc(Nc2c(NS(=O)(=O)C3(CCO)CC3)cc(C)c(=O)n2C)c(Cl)c1. The Morgan fingerprint density at radius 1 is 1.24 bits per heavy atom.